The average Bonchev–Trinajstić information content (AvgIpc) is 2.74. The van der Waals surface area contributed by atoms with Crippen LogP contribution in [0.3, 0.4) is 0 Å². The number of rotatable bonds is 3. The van der Waals surface area contributed by atoms with Gasteiger partial charge in [0.25, 0.3) is 5.91 Å². The Labute approximate surface area is 123 Å². The molecule has 0 fully saturated rings. The number of hydrogen-bond acceptors (Lipinski definition) is 3. The Hall–Kier alpha value is -1.27. The van der Waals surface area contributed by atoms with Crippen LogP contribution in [0.25, 0.3) is 0 Å². The van der Waals surface area contributed by atoms with Crippen molar-refractivity contribution in [3.05, 3.63) is 50.1 Å². The van der Waals surface area contributed by atoms with Crippen LogP contribution >= 0.6 is 27.3 Å². The second-order valence-electron chi connectivity index (χ2n) is 4.10. The van der Waals surface area contributed by atoms with Gasteiger partial charge in [0.1, 0.15) is 5.82 Å². The first-order valence-corrected chi connectivity index (χ1v) is 7.20. The van der Waals surface area contributed by atoms with Gasteiger partial charge in [0.05, 0.1) is 17.1 Å². The molecular weight excluding hydrogens is 331 g/mol. The molecule has 1 amide bonds. The van der Waals surface area contributed by atoms with Crippen LogP contribution in [0.15, 0.2) is 28.9 Å². The normalized spacial score (nSPS) is 10.5. The highest BCUT2D eigenvalue weighted by atomic mass is 79.9. The molecule has 0 aliphatic carbocycles. The van der Waals surface area contributed by atoms with Crippen molar-refractivity contribution in [3.8, 4) is 0 Å². The lowest BCUT2D eigenvalue weighted by atomic mass is 10.2. The molecule has 3 nitrogen and oxygen atoms in total. The molecule has 0 aliphatic rings. The van der Waals surface area contributed by atoms with E-state index >= 15 is 0 Å². The predicted octanol–water partition coefficient (Wildman–Crippen LogP) is 3.63. The van der Waals surface area contributed by atoms with E-state index in [2.05, 4.69) is 20.9 Å². The zero-order valence-electron chi connectivity index (χ0n) is 10.5. The average molecular weight is 343 g/mol. The molecule has 0 saturated carbocycles. The molecule has 0 atom stereocenters. The maximum absolute atomic E-state index is 13.7. The molecule has 19 heavy (non-hydrogen) atoms. The van der Waals surface area contributed by atoms with Gasteiger partial charge in [-0.15, -0.1) is 11.3 Å². The Morgan fingerprint density at radius 2 is 2.26 bits per heavy atom. The van der Waals surface area contributed by atoms with Gasteiger partial charge in [-0.05, 0) is 35.0 Å². The van der Waals surface area contributed by atoms with Gasteiger partial charge >= 0.3 is 0 Å². The standard InChI is InChI=1S/C13H12BrFN2OS/c1-8-16-6-9(19-8)7-17(2)13(18)12-10(14)4-3-5-11(12)15/h3-6H,7H2,1-2H3. The number of thiazole rings is 1. The molecule has 0 saturated heterocycles. The third kappa shape index (κ3) is 3.19. The number of aryl methyl sites for hydroxylation is 1. The molecule has 6 heteroatoms. The Balaban J connectivity index is 2.19. The fourth-order valence-corrected chi connectivity index (χ4v) is 3.04. The lowest BCUT2D eigenvalue weighted by molar-refractivity contribution is 0.0781. The van der Waals surface area contributed by atoms with E-state index in [1.165, 1.54) is 22.3 Å². The lowest BCUT2D eigenvalue weighted by Crippen LogP contribution is -2.27. The summed E-state index contributed by atoms with van der Waals surface area (Å²) in [6.07, 6.45) is 1.74. The minimum Gasteiger partial charge on any atom is -0.336 e. The molecule has 0 spiro atoms. The molecule has 0 radical (unpaired) electrons. The van der Waals surface area contributed by atoms with Gasteiger partial charge in [0.2, 0.25) is 0 Å². The van der Waals surface area contributed by atoms with Crippen LogP contribution in [-0.4, -0.2) is 22.8 Å². The molecule has 0 aliphatic heterocycles. The molecule has 2 aromatic rings. The predicted molar refractivity (Wildman–Crippen MR) is 76.7 cm³/mol. The molecule has 0 bridgehead atoms. The van der Waals surface area contributed by atoms with E-state index in [4.69, 9.17) is 0 Å². The van der Waals surface area contributed by atoms with E-state index in [9.17, 15) is 9.18 Å². The number of aromatic nitrogens is 1. The van der Waals surface area contributed by atoms with Crippen LogP contribution in [0.1, 0.15) is 20.2 Å². The van der Waals surface area contributed by atoms with Gasteiger partial charge in [-0.25, -0.2) is 9.37 Å². The molecule has 100 valence electrons. The quantitative estimate of drug-likeness (QED) is 0.853. The van der Waals surface area contributed by atoms with Crippen molar-refractivity contribution in [2.75, 3.05) is 7.05 Å². The summed E-state index contributed by atoms with van der Waals surface area (Å²) < 4.78 is 14.2. The highest BCUT2D eigenvalue weighted by Gasteiger charge is 2.19. The third-order valence-electron chi connectivity index (χ3n) is 2.59. The summed E-state index contributed by atoms with van der Waals surface area (Å²) in [5, 5.41) is 0.947. The first-order valence-electron chi connectivity index (χ1n) is 5.60. The summed E-state index contributed by atoms with van der Waals surface area (Å²) in [7, 11) is 1.65. The fraction of sp³-hybridized carbons (Fsp3) is 0.231. The minimum atomic E-state index is -0.522. The van der Waals surface area contributed by atoms with Crippen molar-refractivity contribution in [2.24, 2.45) is 0 Å². The Kier molecular flexibility index (Phi) is 4.31. The molecular formula is C13H12BrFN2OS. The number of benzene rings is 1. The first-order chi connectivity index (χ1) is 8.99. The van der Waals surface area contributed by atoms with Gasteiger partial charge in [-0.3, -0.25) is 4.79 Å². The number of carbonyl (C=O) groups excluding carboxylic acids is 1. The topological polar surface area (TPSA) is 33.2 Å². The van der Waals surface area contributed by atoms with Crippen molar-refractivity contribution in [1.29, 1.82) is 0 Å². The third-order valence-corrected chi connectivity index (χ3v) is 4.14. The summed E-state index contributed by atoms with van der Waals surface area (Å²) in [5.74, 6) is -0.872. The highest BCUT2D eigenvalue weighted by Crippen LogP contribution is 2.22. The van der Waals surface area contributed by atoms with E-state index < -0.39 is 5.82 Å². The Bertz CT molecular complexity index is 594. The monoisotopic (exact) mass is 342 g/mol. The van der Waals surface area contributed by atoms with E-state index in [0.29, 0.717) is 11.0 Å². The summed E-state index contributed by atoms with van der Waals surface area (Å²) in [4.78, 5) is 18.8. The minimum absolute atomic E-state index is 0.0613. The van der Waals surface area contributed by atoms with Crippen LogP contribution in [-0.2, 0) is 6.54 Å². The number of hydrogen-bond donors (Lipinski definition) is 0. The second-order valence-corrected chi connectivity index (χ2v) is 6.28. The van der Waals surface area contributed by atoms with Crippen LogP contribution in [0.4, 0.5) is 4.39 Å². The molecule has 0 N–H and O–H groups in total. The molecule has 1 aromatic carbocycles. The van der Waals surface area contributed by atoms with Gasteiger partial charge in [0, 0.05) is 22.6 Å². The SMILES string of the molecule is Cc1ncc(CN(C)C(=O)c2c(F)cccc2Br)s1. The van der Waals surface area contributed by atoms with E-state index in [1.54, 1.807) is 25.4 Å². The zero-order chi connectivity index (χ0) is 14.0. The smallest absolute Gasteiger partial charge is 0.258 e. The van der Waals surface area contributed by atoms with Crippen LogP contribution in [0, 0.1) is 12.7 Å². The van der Waals surface area contributed by atoms with Crippen molar-refractivity contribution >= 4 is 33.2 Å². The lowest BCUT2D eigenvalue weighted by Gasteiger charge is -2.17. The summed E-state index contributed by atoms with van der Waals surface area (Å²) in [5.41, 5.74) is 0.0613. The number of amides is 1. The summed E-state index contributed by atoms with van der Waals surface area (Å²) in [6, 6.07) is 4.49. The largest absolute Gasteiger partial charge is 0.336 e. The Morgan fingerprint density at radius 3 is 2.84 bits per heavy atom. The summed E-state index contributed by atoms with van der Waals surface area (Å²) >= 11 is 4.73. The molecule has 0 unspecified atom stereocenters. The zero-order valence-corrected chi connectivity index (χ0v) is 12.9. The molecule has 2 rings (SSSR count). The number of halogens is 2. The highest BCUT2D eigenvalue weighted by molar-refractivity contribution is 9.10. The maximum atomic E-state index is 13.7. The van der Waals surface area contributed by atoms with Crippen LogP contribution in [0.2, 0.25) is 0 Å². The van der Waals surface area contributed by atoms with Gasteiger partial charge in [0.15, 0.2) is 0 Å². The fourth-order valence-electron chi connectivity index (χ4n) is 1.68. The van der Waals surface area contributed by atoms with Crippen molar-refractivity contribution in [3.63, 3.8) is 0 Å². The van der Waals surface area contributed by atoms with Crippen molar-refractivity contribution in [2.45, 2.75) is 13.5 Å². The van der Waals surface area contributed by atoms with Crippen molar-refractivity contribution in [1.82, 2.24) is 9.88 Å². The number of nitrogens with zero attached hydrogens (tertiary/aromatic N) is 2. The van der Waals surface area contributed by atoms with Gasteiger partial charge in [-0.2, -0.15) is 0 Å². The summed E-state index contributed by atoms with van der Waals surface area (Å²) in [6.45, 7) is 2.33. The van der Waals surface area contributed by atoms with Crippen LogP contribution < -0.4 is 0 Å². The van der Waals surface area contributed by atoms with Gasteiger partial charge in [-0.1, -0.05) is 6.07 Å². The number of carbonyl (C=O) groups is 1. The Morgan fingerprint density at radius 1 is 1.53 bits per heavy atom. The second kappa shape index (κ2) is 5.79. The van der Waals surface area contributed by atoms with Crippen LogP contribution in [0.5, 0.6) is 0 Å². The van der Waals surface area contributed by atoms with E-state index in [-0.39, 0.29) is 11.5 Å². The molecule has 1 aromatic heterocycles. The van der Waals surface area contributed by atoms with Crippen molar-refractivity contribution < 1.29 is 9.18 Å². The maximum Gasteiger partial charge on any atom is 0.258 e. The molecule has 1 heterocycles. The van der Waals surface area contributed by atoms with E-state index in [0.717, 1.165) is 9.88 Å². The van der Waals surface area contributed by atoms with Gasteiger partial charge < -0.3 is 4.90 Å². The first kappa shape index (κ1) is 14.1. The van der Waals surface area contributed by atoms with E-state index in [1.807, 2.05) is 6.92 Å².